The summed E-state index contributed by atoms with van der Waals surface area (Å²) in [6, 6.07) is 5.19. The van der Waals surface area contributed by atoms with Crippen LogP contribution in [0.4, 0.5) is 4.79 Å². The zero-order valence-corrected chi connectivity index (χ0v) is 13.7. The lowest BCUT2D eigenvalue weighted by Crippen LogP contribution is -2.47. The zero-order valence-electron chi connectivity index (χ0n) is 13.7. The molecule has 0 saturated heterocycles. The number of pyridine rings is 1. The predicted molar refractivity (Wildman–Crippen MR) is 87.1 cm³/mol. The number of nitrogens with one attached hydrogen (secondary N) is 2. The van der Waals surface area contributed by atoms with Crippen LogP contribution in [0.1, 0.15) is 26.3 Å². The van der Waals surface area contributed by atoms with Gasteiger partial charge in [-0.2, -0.15) is 5.10 Å². The Kier molecular flexibility index (Phi) is 5.33. The Hall–Kier alpha value is -2.41. The van der Waals surface area contributed by atoms with Gasteiger partial charge in [0.2, 0.25) is 0 Å². The van der Waals surface area contributed by atoms with Crippen LogP contribution in [0.25, 0.3) is 5.82 Å². The summed E-state index contributed by atoms with van der Waals surface area (Å²) in [4.78, 5) is 16.1. The number of amides is 2. The van der Waals surface area contributed by atoms with Gasteiger partial charge >= 0.3 is 6.03 Å². The van der Waals surface area contributed by atoms with Crippen molar-refractivity contribution in [2.45, 2.75) is 32.9 Å². The van der Waals surface area contributed by atoms with Gasteiger partial charge in [0, 0.05) is 31.7 Å². The number of carbonyl (C=O) groups excluding carboxylic acids is 1. The van der Waals surface area contributed by atoms with E-state index in [-0.39, 0.29) is 18.5 Å². The third kappa shape index (κ3) is 4.79. The van der Waals surface area contributed by atoms with E-state index in [9.17, 15) is 9.90 Å². The molecule has 23 heavy (non-hydrogen) atoms. The van der Waals surface area contributed by atoms with E-state index >= 15 is 0 Å². The normalized spacial score (nSPS) is 13.6. The van der Waals surface area contributed by atoms with Gasteiger partial charge in [0.05, 0.1) is 5.60 Å². The molecule has 1 unspecified atom stereocenters. The fraction of sp³-hybridized carbons (Fsp3) is 0.438. The van der Waals surface area contributed by atoms with Gasteiger partial charge in [-0.3, -0.25) is 0 Å². The molecule has 1 atom stereocenters. The van der Waals surface area contributed by atoms with Gasteiger partial charge in [-0.1, -0.05) is 13.8 Å². The number of aromatic nitrogens is 3. The van der Waals surface area contributed by atoms with Crippen molar-refractivity contribution in [3.05, 3.63) is 42.4 Å². The fourth-order valence-corrected chi connectivity index (χ4v) is 1.81. The minimum atomic E-state index is -0.929. The maximum atomic E-state index is 11.8. The van der Waals surface area contributed by atoms with Crippen molar-refractivity contribution in [2.75, 3.05) is 6.54 Å². The van der Waals surface area contributed by atoms with Crippen LogP contribution in [-0.2, 0) is 6.54 Å². The number of urea groups is 1. The summed E-state index contributed by atoms with van der Waals surface area (Å²) in [6.07, 6.45) is 5.16. The van der Waals surface area contributed by atoms with Crippen molar-refractivity contribution in [3.8, 4) is 5.82 Å². The Morgan fingerprint density at radius 3 is 2.83 bits per heavy atom. The molecule has 0 aliphatic carbocycles. The maximum absolute atomic E-state index is 11.8. The molecule has 0 aliphatic heterocycles. The lowest BCUT2D eigenvalue weighted by Gasteiger charge is -2.27. The molecule has 0 bridgehead atoms. The summed E-state index contributed by atoms with van der Waals surface area (Å²) in [7, 11) is 0. The molecular weight excluding hydrogens is 294 g/mol. The molecule has 3 N–H and O–H groups in total. The Labute approximate surface area is 135 Å². The molecule has 0 radical (unpaired) electrons. The lowest BCUT2D eigenvalue weighted by atomic mass is 9.93. The predicted octanol–water partition coefficient (Wildman–Crippen LogP) is 1.47. The second-order valence-corrected chi connectivity index (χ2v) is 6.02. The van der Waals surface area contributed by atoms with E-state index in [1.54, 1.807) is 30.2 Å². The highest BCUT2D eigenvalue weighted by Crippen LogP contribution is 2.14. The molecular formula is C16H23N5O2. The van der Waals surface area contributed by atoms with Crippen LogP contribution in [0, 0.1) is 5.92 Å². The van der Waals surface area contributed by atoms with Crippen molar-refractivity contribution in [2.24, 2.45) is 5.92 Å². The zero-order chi connectivity index (χ0) is 16.9. The third-order valence-corrected chi connectivity index (χ3v) is 3.85. The fourth-order valence-electron chi connectivity index (χ4n) is 1.81. The summed E-state index contributed by atoms with van der Waals surface area (Å²) in [6.45, 7) is 6.09. The average molecular weight is 317 g/mol. The van der Waals surface area contributed by atoms with Crippen LogP contribution in [0.5, 0.6) is 0 Å². The van der Waals surface area contributed by atoms with Crippen molar-refractivity contribution in [3.63, 3.8) is 0 Å². The Morgan fingerprint density at radius 1 is 1.39 bits per heavy atom. The van der Waals surface area contributed by atoms with E-state index in [0.29, 0.717) is 12.4 Å². The Bertz CT molecular complexity index is 638. The number of nitrogens with zero attached hydrogens (tertiary/aromatic N) is 3. The summed E-state index contributed by atoms with van der Waals surface area (Å²) in [5.41, 5.74) is -0.0161. The molecule has 0 fully saturated rings. The molecule has 2 heterocycles. The van der Waals surface area contributed by atoms with Crippen molar-refractivity contribution < 1.29 is 9.90 Å². The SMILES string of the molecule is CC(C)C(C)(O)CNC(=O)NCc1ccnc(-n2cccn2)c1. The molecule has 0 aromatic carbocycles. The summed E-state index contributed by atoms with van der Waals surface area (Å²) < 4.78 is 1.66. The lowest BCUT2D eigenvalue weighted by molar-refractivity contribution is 0.0166. The van der Waals surface area contributed by atoms with Crippen LogP contribution in [0.3, 0.4) is 0 Å². The van der Waals surface area contributed by atoms with E-state index in [0.717, 1.165) is 5.56 Å². The van der Waals surface area contributed by atoms with Gasteiger partial charge in [-0.15, -0.1) is 0 Å². The molecule has 124 valence electrons. The number of aliphatic hydroxyl groups is 1. The van der Waals surface area contributed by atoms with E-state index in [4.69, 9.17) is 0 Å². The van der Waals surface area contributed by atoms with Gasteiger partial charge < -0.3 is 15.7 Å². The molecule has 0 aliphatic rings. The second kappa shape index (κ2) is 7.23. The molecule has 0 spiro atoms. The van der Waals surface area contributed by atoms with Crippen LogP contribution < -0.4 is 10.6 Å². The average Bonchev–Trinajstić information content (AvgIpc) is 3.05. The molecule has 2 aromatic rings. The maximum Gasteiger partial charge on any atom is 0.315 e. The number of hydrogen-bond donors (Lipinski definition) is 3. The minimum Gasteiger partial charge on any atom is -0.388 e. The van der Waals surface area contributed by atoms with Gasteiger partial charge in [0.15, 0.2) is 5.82 Å². The number of rotatable bonds is 6. The molecule has 0 saturated carbocycles. The summed E-state index contributed by atoms with van der Waals surface area (Å²) in [5, 5.41) is 19.7. The van der Waals surface area contributed by atoms with E-state index in [1.165, 1.54) is 0 Å². The minimum absolute atomic E-state index is 0.0552. The Balaban J connectivity index is 1.86. The third-order valence-electron chi connectivity index (χ3n) is 3.85. The smallest absolute Gasteiger partial charge is 0.315 e. The highest BCUT2D eigenvalue weighted by atomic mass is 16.3. The number of hydrogen-bond acceptors (Lipinski definition) is 4. The standard InChI is InChI=1S/C16H23N5O2/c1-12(2)16(3,23)11-19-15(22)18-10-13-5-7-17-14(9-13)21-8-4-6-20-21/h4-9,12,23H,10-11H2,1-3H3,(H2,18,19,22). The quantitative estimate of drug-likeness (QED) is 0.752. The van der Waals surface area contributed by atoms with Gasteiger partial charge in [0.25, 0.3) is 0 Å². The van der Waals surface area contributed by atoms with Crippen molar-refractivity contribution in [1.82, 2.24) is 25.4 Å². The van der Waals surface area contributed by atoms with Crippen molar-refractivity contribution >= 4 is 6.03 Å². The first-order valence-corrected chi connectivity index (χ1v) is 7.57. The molecule has 2 amide bonds. The highest BCUT2D eigenvalue weighted by molar-refractivity contribution is 5.73. The van der Waals surface area contributed by atoms with E-state index in [2.05, 4.69) is 20.7 Å². The largest absolute Gasteiger partial charge is 0.388 e. The molecule has 7 heteroatoms. The monoisotopic (exact) mass is 317 g/mol. The van der Waals surface area contributed by atoms with Gasteiger partial charge in [0.1, 0.15) is 0 Å². The second-order valence-electron chi connectivity index (χ2n) is 6.02. The van der Waals surface area contributed by atoms with E-state index in [1.807, 2.05) is 32.0 Å². The topological polar surface area (TPSA) is 92.1 Å². The van der Waals surface area contributed by atoms with Gasteiger partial charge in [-0.05, 0) is 36.6 Å². The first-order chi connectivity index (χ1) is 10.9. The summed E-state index contributed by atoms with van der Waals surface area (Å²) in [5.74, 6) is 0.747. The molecule has 2 rings (SSSR count). The number of carbonyl (C=O) groups is 1. The first kappa shape index (κ1) is 17.0. The molecule has 2 aromatic heterocycles. The van der Waals surface area contributed by atoms with Crippen LogP contribution >= 0.6 is 0 Å². The molecule has 7 nitrogen and oxygen atoms in total. The van der Waals surface area contributed by atoms with Gasteiger partial charge in [-0.25, -0.2) is 14.5 Å². The van der Waals surface area contributed by atoms with Crippen molar-refractivity contribution in [1.29, 1.82) is 0 Å². The summed E-state index contributed by atoms with van der Waals surface area (Å²) >= 11 is 0. The van der Waals surface area contributed by atoms with E-state index < -0.39 is 5.60 Å². The van der Waals surface area contributed by atoms with Crippen LogP contribution in [0.15, 0.2) is 36.8 Å². The Morgan fingerprint density at radius 2 is 2.17 bits per heavy atom. The van der Waals surface area contributed by atoms with Crippen LogP contribution in [-0.4, -0.2) is 38.0 Å². The first-order valence-electron chi connectivity index (χ1n) is 7.57. The van der Waals surface area contributed by atoms with Crippen LogP contribution in [0.2, 0.25) is 0 Å². The highest BCUT2D eigenvalue weighted by Gasteiger charge is 2.25.